The number of aliphatic hydroxyl groups is 1. The van der Waals surface area contributed by atoms with Crippen LogP contribution in [0.25, 0.3) is 0 Å². The molecule has 0 amide bonds. The van der Waals surface area contributed by atoms with E-state index in [-0.39, 0.29) is 0 Å². The first kappa shape index (κ1) is 17.1. The van der Waals surface area contributed by atoms with Crippen LogP contribution < -0.4 is 14.8 Å². The predicted octanol–water partition coefficient (Wildman–Crippen LogP) is 2.78. The number of hydrogen-bond donors (Lipinski definition) is 2. The lowest BCUT2D eigenvalue weighted by Gasteiger charge is -2.33. The summed E-state index contributed by atoms with van der Waals surface area (Å²) in [5, 5.41) is 13.2. The quantitative estimate of drug-likeness (QED) is 0.813. The zero-order chi connectivity index (χ0) is 15.9. The zero-order valence-electron chi connectivity index (χ0n) is 14.0. The number of aliphatic hydroxyl groups excluding tert-OH is 1. The zero-order valence-corrected chi connectivity index (χ0v) is 14.0. The molecule has 124 valence electrons. The molecule has 1 fully saturated rings. The van der Waals surface area contributed by atoms with Crippen LogP contribution in [0.15, 0.2) is 18.2 Å². The summed E-state index contributed by atoms with van der Waals surface area (Å²) in [5.41, 5.74) is 1.23. The molecule has 0 heterocycles. The van der Waals surface area contributed by atoms with Crippen molar-refractivity contribution in [2.24, 2.45) is 5.92 Å². The lowest BCUT2D eigenvalue weighted by atomic mass is 9.84. The second-order valence-corrected chi connectivity index (χ2v) is 6.29. The largest absolute Gasteiger partial charge is 0.493 e. The smallest absolute Gasteiger partial charge is 0.160 e. The third-order valence-electron chi connectivity index (χ3n) is 4.63. The number of rotatable bonds is 7. The van der Waals surface area contributed by atoms with Gasteiger partial charge in [-0.05, 0) is 49.8 Å². The maximum Gasteiger partial charge on any atom is 0.160 e. The standard InChI is InChI=1S/C18H29NO3/c1-13(19-16-7-5-4-6-15(16)12-20)10-14-8-9-17(21-2)18(11-14)22-3/h8-9,11,13,15-16,19-20H,4-7,10,12H2,1-3H3/t13-,15-,16+/m0/s1. The molecule has 2 rings (SSSR count). The summed E-state index contributed by atoms with van der Waals surface area (Å²) in [4.78, 5) is 0. The highest BCUT2D eigenvalue weighted by Gasteiger charge is 2.25. The molecule has 0 aromatic heterocycles. The Morgan fingerprint density at radius 1 is 1.18 bits per heavy atom. The molecule has 1 aromatic rings. The highest BCUT2D eigenvalue weighted by molar-refractivity contribution is 5.43. The highest BCUT2D eigenvalue weighted by Crippen LogP contribution is 2.28. The second kappa shape index (κ2) is 8.39. The van der Waals surface area contributed by atoms with Gasteiger partial charge in [-0.1, -0.05) is 18.9 Å². The fraction of sp³-hybridized carbons (Fsp3) is 0.667. The van der Waals surface area contributed by atoms with Crippen LogP contribution in [0.2, 0.25) is 0 Å². The van der Waals surface area contributed by atoms with Crippen molar-refractivity contribution in [2.75, 3.05) is 20.8 Å². The van der Waals surface area contributed by atoms with E-state index in [9.17, 15) is 5.11 Å². The summed E-state index contributed by atoms with van der Waals surface area (Å²) in [6.45, 7) is 2.50. The molecule has 4 nitrogen and oxygen atoms in total. The monoisotopic (exact) mass is 307 g/mol. The molecule has 0 bridgehead atoms. The Morgan fingerprint density at radius 3 is 2.59 bits per heavy atom. The van der Waals surface area contributed by atoms with Gasteiger partial charge < -0.3 is 19.9 Å². The Kier molecular flexibility index (Phi) is 6.52. The van der Waals surface area contributed by atoms with E-state index in [4.69, 9.17) is 9.47 Å². The Morgan fingerprint density at radius 2 is 1.91 bits per heavy atom. The van der Waals surface area contributed by atoms with Crippen LogP contribution in [0, 0.1) is 5.92 Å². The first-order valence-electron chi connectivity index (χ1n) is 8.25. The summed E-state index contributed by atoms with van der Waals surface area (Å²) in [6.07, 6.45) is 5.75. The van der Waals surface area contributed by atoms with Gasteiger partial charge in [0.25, 0.3) is 0 Å². The lowest BCUT2D eigenvalue weighted by Crippen LogP contribution is -2.45. The lowest BCUT2D eigenvalue weighted by molar-refractivity contribution is 0.147. The fourth-order valence-electron chi connectivity index (χ4n) is 3.43. The molecular weight excluding hydrogens is 278 g/mol. The van der Waals surface area contributed by atoms with Crippen molar-refractivity contribution >= 4 is 0 Å². The first-order valence-corrected chi connectivity index (χ1v) is 8.25. The molecule has 1 aromatic carbocycles. The number of hydrogen-bond acceptors (Lipinski definition) is 4. The summed E-state index contributed by atoms with van der Waals surface area (Å²) < 4.78 is 10.6. The number of ether oxygens (including phenoxy) is 2. The Bertz CT molecular complexity index is 464. The van der Waals surface area contributed by atoms with Crippen LogP contribution in [0.3, 0.4) is 0 Å². The summed E-state index contributed by atoms with van der Waals surface area (Å²) in [5.74, 6) is 1.94. The molecule has 3 atom stereocenters. The van der Waals surface area contributed by atoms with E-state index in [1.54, 1.807) is 14.2 Å². The van der Waals surface area contributed by atoms with E-state index in [1.165, 1.54) is 24.8 Å². The Hall–Kier alpha value is -1.26. The summed E-state index contributed by atoms with van der Waals surface area (Å²) in [7, 11) is 3.32. The number of nitrogens with one attached hydrogen (secondary N) is 1. The van der Waals surface area contributed by atoms with Crippen molar-refractivity contribution in [3.05, 3.63) is 23.8 Å². The van der Waals surface area contributed by atoms with Gasteiger partial charge in [0.2, 0.25) is 0 Å². The third-order valence-corrected chi connectivity index (χ3v) is 4.63. The van der Waals surface area contributed by atoms with Gasteiger partial charge >= 0.3 is 0 Å². The molecule has 0 saturated heterocycles. The number of benzene rings is 1. The molecule has 1 aliphatic rings. The van der Waals surface area contributed by atoms with Crippen molar-refractivity contribution in [1.29, 1.82) is 0 Å². The van der Waals surface area contributed by atoms with Crippen molar-refractivity contribution in [3.8, 4) is 11.5 Å². The van der Waals surface area contributed by atoms with E-state index < -0.39 is 0 Å². The molecule has 22 heavy (non-hydrogen) atoms. The molecule has 0 aliphatic heterocycles. The SMILES string of the molecule is COc1ccc(C[C@H](C)N[C@@H]2CCCC[C@H]2CO)cc1OC. The molecule has 4 heteroatoms. The average molecular weight is 307 g/mol. The van der Waals surface area contributed by atoms with E-state index in [0.29, 0.717) is 24.6 Å². The Balaban J connectivity index is 1.95. The van der Waals surface area contributed by atoms with Gasteiger partial charge in [0.15, 0.2) is 11.5 Å². The maximum absolute atomic E-state index is 9.52. The molecule has 0 unspecified atom stereocenters. The van der Waals surface area contributed by atoms with Gasteiger partial charge in [0, 0.05) is 18.7 Å². The van der Waals surface area contributed by atoms with E-state index in [2.05, 4.69) is 18.3 Å². The van der Waals surface area contributed by atoms with Crippen molar-refractivity contribution < 1.29 is 14.6 Å². The van der Waals surface area contributed by atoms with Crippen LogP contribution in [0.1, 0.15) is 38.2 Å². The van der Waals surface area contributed by atoms with Crippen LogP contribution in [-0.4, -0.2) is 38.0 Å². The van der Waals surface area contributed by atoms with E-state index >= 15 is 0 Å². The predicted molar refractivity (Wildman–Crippen MR) is 88.7 cm³/mol. The number of methoxy groups -OCH3 is 2. The molecule has 0 spiro atoms. The van der Waals surface area contributed by atoms with Gasteiger partial charge in [-0.2, -0.15) is 0 Å². The van der Waals surface area contributed by atoms with Gasteiger partial charge in [-0.25, -0.2) is 0 Å². The minimum Gasteiger partial charge on any atom is -0.493 e. The highest BCUT2D eigenvalue weighted by atomic mass is 16.5. The van der Waals surface area contributed by atoms with Crippen LogP contribution in [0.5, 0.6) is 11.5 Å². The Labute approximate surface area is 133 Å². The maximum atomic E-state index is 9.52. The minimum atomic E-state index is 0.292. The van der Waals surface area contributed by atoms with Crippen molar-refractivity contribution in [1.82, 2.24) is 5.32 Å². The van der Waals surface area contributed by atoms with Gasteiger partial charge in [0.1, 0.15) is 0 Å². The van der Waals surface area contributed by atoms with Crippen molar-refractivity contribution in [3.63, 3.8) is 0 Å². The summed E-state index contributed by atoms with van der Waals surface area (Å²) in [6, 6.07) is 6.90. The van der Waals surface area contributed by atoms with Crippen LogP contribution in [-0.2, 0) is 6.42 Å². The van der Waals surface area contributed by atoms with Gasteiger partial charge in [-0.3, -0.25) is 0 Å². The summed E-state index contributed by atoms with van der Waals surface area (Å²) >= 11 is 0. The molecule has 2 N–H and O–H groups in total. The fourth-order valence-corrected chi connectivity index (χ4v) is 3.43. The van der Waals surface area contributed by atoms with Gasteiger partial charge in [0.05, 0.1) is 14.2 Å². The van der Waals surface area contributed by atoms with Crippen molar-refractivity contribution in [2.45, 2.75) is 51.1 Å². The normalized spacial score (nSPS) is 23.1. The topological polar surface area (TPSA) is 50.7 Å². The van der Waals surface area contributed by atoms with Crippen LogP contribution in [0.4, 0.5) is 0 Å². The minimum absolute atomic E-state index is 0.292. The van der Waals surface area contributed by atoms with Crippen LogP contribution >= 0.6 is 0 Å². The molecular formula is C18H29NO3. The molecule has 1 aliphatic carbocycles. The first-order chi connectivity index (χ1) is 10.7. The average Bonchev–Trinajstić information content (AvgIpc) is 2.55. The molecule has 1 saturated carbocycles. The van der Waals surface area contributed by atoms with E-state index in [1.807, 2.05) is 12.1 Å². The third kappa shape index (κ3) is 4.37. The van der Waals surface area contributed by atoms with E-state index in [0.717, 1.165) is 24.3 Å². The van der Waals surface area contributed by atoms with Gasteiger partial charge in [-0.15, -0.1) is 0 Å². The molecule has 0 radical (unpaired) electrons. The second-order valence-electron chi connectivity index (χ2n) is 6.29.